The van der Waals surface area contributed by atoms with Crippen LogP contribution < -0.4 is 20.5 Å². The number of benzene rings is 2. The van der Waals surface area contributed by atoms with Gasteiger partial charge in [0.1, 0.15) is 11.6 Å². The number of nitrogens with zero attached hydrogens (tertiary/aromatic N) is 3. The maximum atomic E-state index is 12.9. The first-order chi connectivity index (χ1) is 15.9. The zero-order chi connectivity index (χ0) is 23.4. The molecule has 2 aromatic carbocycles. The number of aryl methyl sites for hydroxylation is 1. The fraction of sp³-hybridized carbons (Fsp3) is 0.320. The summed E-state index contributed by atoms with van der Waals surface area (Å²) in [6, 6.07) is 16.0. The fourth-order valence-electron chi connectivity index (χ4n) is 3.91. The molecule has 1 atom stereocenters. The van der Waals surface area contributed by atoms with Crippen molar-refractivity contribution in [2.24, 2.45) is 5.92 Å². The summed E-state index contributed by atoms with van der Waals surface area (Å²) in [6.07, 6.45) is 1.66. The molecule has 172 valence electrons. The predicted molar refractivity (Wildman–Crippen MR) is 131 cm³/mol. The number of amides is 1. The van der Waals surface area contributed by atoms with Gasteiger partial charge in [-0.2, -0.15) is 4.68 Å². The van der Waals surface area contributed by atoms with Gasteiger partial charge >= 0.3 is 0 Å². The molecule has 33 heavy (non-hydrogen) atoms. The second-order valence-electron chi connectivity index (χ2n) is 8.11. The summed E-state index contributed by atoms with van der Waals surface area (Å²) in [5, 5.41) is 8.15. The molecule has 1 unspecified atom stereocenters. The third-order valence-corrected chi connectivity index (χ3v) is 6.14. The first-order valence-electron chi connectivity index (χ1n) is 11.1. The van der Waals surface area contributed by atoms with E-state index in [2.05, 4.69) is 15.3 Å². The van der Waals surface area contributed by atoms with E-state index < -0.39 is 0 Å². The standard InChI is InChI=1S/C25H27ClN4O3/c1-3-33-21-10-7-19(8-11-21)27-25(32)18-5-4-14-29(16-18)23-12-13-24(31)30(28-23)20-9-6-17(2)22(26)15-20/h6-13,15,18H,3-5,14,16H2,1-2H3,(H,27,32). The molecule has 1 saturated heterocycles. The van der Waals surface area contributed by atoms with E-state index in [1.54, 1.807) is 12.1 Å². The lowest BCUT2D eigenvalue weighted by Gasteiger charge is -2.33. The number of nitrogens with one attached hydrogen (secondary N) is 1. The lowest BCUT2D eigenvalue weighted by atomic mass is 9.97. The molecule has 1 aliphatic heterocycles. The molecule has 0 radical (unpaired) electrons. The summed E-state index contributed by atoms with van der Waals surface area (Å²) in [5.74, 6) is 1.23. The Morgan fingerprint density at radius 2 is 1.97 bits per heavy atom. The van der Waals surface area contributed by atoms with Crippen molar-refractivity contribution in [2.45, 2.75) is 26.7 Å². The number of hydrogen-bond donors (Lipinski definition) is 1. The maximum absolute atomic E-state index is 12.9. The maximum Gasteiger partial charge on any atom is 0.271 e. The second-order valence-corrected chi connectivity index (χ2v) is 8.51. The number of carbonyl (C=O) groups excluding carboxylic acids is 1. The van der Waals surface area contributed by atoms with Crippen molar-refractivity contribution in [1.82, 2.24) is 9.78 Å². The van der Waals surface area contributed by atoms with Gasteiger partial charge in [0.05, 0.1) is 18.2 Å². The molecule has 0 aliphatic carbocycles. The zero-order valence-electron chi connectivity index (χ0n) is 18.8. The number of ether oxygens (including phenoxy) is 1. The monoisotopic (exact) mass is 466 g/mol. The number of anilines is 2. The van der Waals surface area contributed by atoms with Crippen LogP contribution in [0.2, 0.25) is 5.02 Å². The van der Waals surface area contributed by atoms with Crippen molar-refractivity contribution < 1.29 is 9.53 Å². The summed E-state index contributed by atoms with van der Waals surface area (Å²) in [5.41, 5.74) is 2.05. The minimum absolute atomic E-state index is 0.0255. The Kier molecular flexibility index (Phi) is 6.99. The van der Waals surface area contributed by atoms with Crippen LogP contribution in [0.15, 0.2) is 59.4 Å². The van der Waals surface area contributed by atoms with Crippen LogP contribution in [-0.2, 0) is 4.79 Å². The van der Waals surface area contributed by atoms with Gasteiger partial charge in [0.25, 0.3) is 5.56 Å². The molecular weight excluding hydrogens is 440 g/mol. The van der Waals surface area contributed by atoms with Crippen LogP contribution >= 0.6 is 11.6 Å². The number of piperidine rings is 1. The zero-order valence-corrected chi connectivity index (χ0v) is 19.5. The molecule has 0 saturated carbocycles. The average molecular weight is 467 g/mol. The van der Waals surface area contributed by atoms with Crippen molar-refractivity contribution in [3.63, 3.8) is 0 Å². The lowest BCUT2D eigenvalue weighted by molar-refractivity contribution is -0.120. The van der Waals surface area contributed by atoms with E-state index in [1.165, 1.54) is 10.7 Å². The molecule has 1 aliphatic rings. The van der Waals surface area contributed by atoms with E-state index in [4.69, 9.17) is 16.3 Å². The number of hydrogen-bond acceptors (Lipinski definition) is 5. The van der Waals surface area contributed by atoms with E-state index in [0.717, 1.165) is 36.4 Å². The lowest BCUT2D eigenvalue weighted by Crippen LogP contribution is -2.41. The SMILES string of the molecule is CCOc1ccc(NC(=O)C2CCCN(c3ccc(=O)n(-c4ccc(C)c(Cl)c4)n3)C2)cc1. The summed E-state index contributed by atoms with van der Waals surface area (Å²) in [6.45, 7) is 5.74. The summed E-state index contributed by atoms with van der Waals surface area (Å²) >= 11 is 6.24. The van der Waals surface area contributed by atoms with Gasteiger partial charge in [0.15, 0.2) is 0 Å². The Morgan fingerprint density at radius 1 is 1.18 bits per heavy atom. The van der Waals surface area contributed by atoms with Gasteiger partial charge in [0.2, 0.25) is 5.91 Å². The fourth-order valence-corrected chi connectivity index (χ4v) is 4.09. The van der Waals surface area contributed by atoms with Crippen LogP contribution in [0.25, 0.3) is 5.69 Å². The number of rotatable bonds is 6. The second kappa shape index (κ2) is 10.1. The van der Waals surface area contributed by atoms with E-state index in [9.17, 15) is 9.59 Å². The predicted octanol–water partition coefficient (Wildman–Crippen LogP) is 4.45. The third-order valence-electron chi connectivity index (χ3n) is 5.74. The minimum atomic E-state index is -0.236. The van der Waals surface area contributed by atoms with E-state index in [0.29, 0.717) is 29.7 Å². The first kappa shape index (κ1) is 22.9. The van der Waals surface area contributed by atoms with E-state index in [-0.39, 0.29) is 17.4 Å². The quantitative estimate of drug-likeness (QED) is 0.580. The molecule has 1 aromatic heterocycles. The Bertz CT molecular complexity index is 1190. The summed E-state index contributed by atoms with van der Waals surface area (Å²) in [4.78, 5) is 27.4. The molecule has 7 nitrogen and oxygen atoms in total. The van der Waals surface area contributed by atoms with Gasteiger partial charge in [0, 0.05) is 29.9 Å². The summed E-state index contributed by atoms with van der Waals surface area (Å²) < 4.78 is 6.80. The van der Waals surface area contributed by atoms with E-state index in [1.807, 2.05) is 50.2 Å². The first-order valence-corrected chi connectivity index (χ1v) is 11.5. The van der Waals surface area contributed by atoms with Crippen molar-refractivity contribution in [1.29, 1.82) is 0 Å². The molecular formula is C25H27ClN4O3. The van der Waals surface area contributed by atoms with Crippen LogP contribution in [0.1, 0.15) is 25.3 Å². The topological polar surface area (TPSA) is 76.5 Å². The summed E-state index contributed by atoms with van der Waals surface area (Å²) in [7, 11) is 0. The van der Waals surface area contributed by atoms with Crippen LogP contribution in [0.4, 0.5) is 11.5 Å². The minimum Gasteiger partial charge on any atom is -0.494 e. The molecule has 0 bridgehead atoms. The molecule has 1 amide bonds. The molecule has 0 spiro atoms. The van der Waals surface area contributed by atoms with Gasteiger partial charge in [-0.1, -0.05) is 17.7 Å². The number of halogens is 1. The van der Waals surface area contributed by atoms with Crippen LogP contribution in [0.5, 0.6) is 5.75 Å². The molecule has 1 N–H and O–H groups in total. The van der Waals surface area contributed by atoms with Gasteiger partial charge in [-0.15, -0.1) is 5.10 Å². The van der Waals surface area contributed by atoms with Crippen LogP contribution in [0.3, 0.4) is 0 Å². The molecule has 4 rings (SSSR count). The van der Waals surface area contributed by atoms with Crippen molar-refractivity contribution >= 4 is 29.0 Å². The highest BCUT2D eigenvalue weighted by molar-refractivity contribution is 6.31. The molecule has 1 fully saturated rings. The highest BCUT2D eigenvalue weighted by Crippen LogP contribution is 2.24. The van der Waals surface area contributed by atoms with Crippen molar-refractivity contribution in [3.8, 4) is 11.4 Å². The Hall–Kier alpha value is -3.32. The van der Waals surface area contributed by atoms with E-state index >= 15 is 0 Å². The van der Waals surface area contributed by atoms with Crippen LogP contribution in [0, 0.1) is 12.8 Å². The normalized spacial score (nSPS) is 15.8. The van der Waals surface area contributed by atoms with Crippen molar-refractivity contribution in [3.05, 3.63) is 75.5 Å². The van der Waals surface area contributed by atoms with Gasteiger partial charge in [-0.3, -0.25) is 9.59 Å². The van der Waals surface area contributed by atoms with Crippen molar-refractivity contribution in [2.75, 3.05) is 29.9 Å². The molecule has 8 heteroatoms. The number of carbonyl (C=O) groups is 1. The number of aromatic nitrogens is 2. The smallest absolute Gasteiger partial charge is 0.271 e. The Morgan fingerprint density at radius 3 is 2.70 bits per heavy atom. The van der Waals surface area contributed by atoms with Gasteiger partial charge < -0.3 is 15.0 Å². The Balaban J connectivity index is 1.48. The van der Waals surface area contributed by atoms with Crippen LogP contribution in [-0.4, -0.2) is 35.4 Å². The largest absolute Gasteiger partial charge is 0.494 e. The highest BCUT2D eigenvalue weighted by Gasteiger charge is 2.27. The third kappa shape index (κ3) is 5.37. The van der Waals surface area contributed by atoms with Gasteiger partial charge in [-0.25, -0.2) is 0 Å². The van der Waals surface area contributed by atoms with Gasteiger partial charge in [-0.05, 0) is 74.7 Å². The average Bonchev–Trinajstić information content (AvgIpc) is 2.83. The highest BCUT2D eigenvalue weighted by atomic mass is 35.5. The molecule has 2 heterocycles. The molecule has 3 aromatic rings. The Labute approximate surface area is 197 Å².